The predicted octanol–water partition coefficient (Wildman–Crippen LogP) is 2.79. The first kappa shape index (κ1) is 16.2. The zero-order valence-electron chi connectivity index (χ0n) is 12.7. The highest BCUT2D eigenvalue weighted by Crippen LogP contribution is 2.19. The van der Waals surface area contributed by atoms with E-state index in [0.717, 1.165) is 0 Å². The average Bonchev–Trinajstić information content (AvgIpc) is 2.47. The van der Waals surface area contributed by atoms with E-state index in [1.807, 2.05) is 0 Å². The van der Waals surface area contributed by atoms with Crippen LogP contribution in [0.1, 0.15) is 24.2 Å². The number of benzene rings is 2. The summed E-state index contributed by atoms with van der Waals surface area (Å²) in [6.45, 7) is 2.60. The van der Waals surface area contributed by atoms with E-state index in [1.54, 1.807) is 36.4 Å². The van der Waals surface area contributed by atoms with E-state index in [0.29, 0.717) is 22.7 Å². The second-order valence-corrected chi connectivity index (χ2v) is 4.69. The van der Waals surface area contributed by atoms with Crippen LogP contribution in [-0.4, -0.2) is 17.8 Å². The van der Waals surface area contributed by atoms with Gasteiger partial charge in [-0.05, 0) is 36.4 Å². The summed E-state index contributed by atoms with van der Waals surface area (Å²) >= 11 is 0. The molecule has 0 aliphatic carbocycles. The van der Waals surface area contributed by atoms with Crippen molar-refractivity contribution in [2.75, 3.05) is 5.32 Å². The summed E-state index contributed by atoms with van der Waals surface area (Å²) in [5.74, 6) is -0.482. The molecule has 23 heavy (non-hydrogen) atoms. The molecule has 0 saturated carbocycles. The number of anilines is 1. The van der Waals surface area contributed by atoms with Crippen molar-refractivity contribution in [1.29, 1.82) is 0 Å². The number of carbonyl (C=O) groups is 3. The van der Waals surface area contributed by atoms with Gasteiger partial charge in [-0.25, -0.2) is 0 Å². The van der Waals surface area contributed by atoms with Crippen molar-refractivity contribution in [3.05, 3.63) is 54.1 Å². The van der Waals surface area contributed by atoms with Gasteiger partial charge in [-0.3, -0.25) is 14.4 Å². The Morgan fingerprint density at radius 2 is 1.43 bits per heavy atom. The normalized spacial score (nSPS) is 9.83. The molecule has 1 amide bonds. The molecule has 2 aromatic carbocycles. The molecule has 2 aromatic rings. The number of hydrogen-bond acceptors (Lipinski definition) is 5. The average molecular weight is 313 g/mol. The van der Waals surface area contributed by atoms with E-state index in [9.17, 15) is 14.4 Å². The Balaban J connectivity index is 2.06. The third-order valence-corrected chi connectivity index (χ3v) is 2.73. The molecule has 0 bridgehead atoms. The van der Waals surface area contributed by atoms with Crippen molar-refractivity contribution >= 4 is 23.5 Å². The fourth-order valence-electron chi connectivity index (χ4n) is 1.85. The summed E-state index contributed by atoms with van der Waals surface area (Å²) in [5.41, 5.74) is 0.900. The summed E-state index contributed by atoms with van der Waals surface area (Å²) in [7, 11) is 0. The maximum absolute atomic E-state index is 12.2. The van der Waals surface area contributed by atoms with Gasteiger partial charge >= 0.3 is 11.9 Å². The van der Waals surface area contributed by atoms with Gasteiger partial charge in [0.15, 0.2) is 0 Å². The van der Waals surface area contributed by atoms with Gasteiger partial charge in [0.05, 0.1) is 0 Å². The molecule has 0 aromatic heterocycles. The van der Waals surface area contributed by atoms with Crippen LogP contribution < -0.4 is 14.8 Å². The molecule has 0 unspecified atom stereocenters. The van der Waals surface area contributed by atoms with Crippen molar-refractivity contribution in [3.8, 4) is 11.5 Å². The van der Waals surface area contributed by atoms with Gasteiger partial charge in [-0.1, -0.05) is 6.07 Å². The summed E-state index contributed by atoms with van der Waals surface area (Å²) in [4.78, 5) is 33.9. The first-order valence-electron chi connectivity index (χ1n) is 6.82. The van der Waals surface area contributed by atoms with Gasteiger partial charge < -0.3 is 14.8 Å². The van der Waals surface area contributed by atoms with Gasteiger partial charge in [0, 0.05) is 31.2 Å². The number of hydrogen-bond donors (Lipinski definition) is 1. The lowest BCUT2D eigenvalue weighted by molar-refractivity contribution is -0.132. The Morgan fingerprint density at radius 1 is 0.826 bits per heavy atom. The first-order valence-corrected chi connectivity index (χ1v) is 6.82. The number of carbonyl (C=O) groups excluding carboxylic acids is 3. The second kappa shape index (κ2) is 7.22. The molecule has 6 nitrogen and oxygen atoms in total. The van der Waals surface area contributed by atoms with Crippen LogP contribution in [0.5, 0.6) is 11.5 Å². The maximum atomic E-state index is 12.2. The summed E-state index contributed by atoms with van der Waals surface area (Å²) in [5, 5.41) is 2.69. The maximum Gasteiger partial charge on any atom is 0.308 e. The molecule has 0 aliphatic rings. The van der Waals surface area contributed by atoms with Gasteiger partial charge in [0.25, 0.3) is 5.91 Å². The van der Waals surface area contributed by atoms with E-state index in [2.05, 4.69) is 5.32 Å². The van der Waals surface area contributed by atoms with Gasteiger partial charge in [0.2, 0.25) is 0 Å². The minimum atomic E-state index is -0.436. The lowest BCUT2D eigenvalue weighted by Gasteiger charge is -2.08. The predicted molar refractivity (Wildman–Crippen MR) is 83.5 cm³/mol. The van der Waals surface area contributed by atoms with Crippen LogP contribution in [0.15, 0.2) is 48.5 Å². The zero-order chi connectivity index (χ0) is 16.8. The van der Waals surface area contributed by atoms with Crippen LogP contribution in [0, 0.1) is 0 Å². The van der Waals surface area contributed by atoms with Gasteiger partial charge in [-0.15, -0.1) is 0 Å². The smallest absolute Gasteiger partial charge is 0.308 e. The highest BCUT2D eigenvalue weighted by Gasteiger charge is 2.08. The molecule has 0 fully saturated rings. The summed E-state index contributed by atoms with van der Waals surface area (Å²) in [6.07, 6.45) is 0. The number of ether oxygens (including phenoxy) is 2. The van der Waals surface area contributed by atoms with Crippen molar-refractivity contribution in [2.45, 2.75) is 13.8 Å². The van der Waals surface area contributed by atoms with Crippen LogP contribution >= 0.6 is 0 Å². The van der Waals surface area contributed by atoms with E-state index >= 15 is 0 Å². The Kier molecular flexibility index (Phi) is 5.09. The highest BCUT2D eigenvalue weighted by atomic mass is 16.5. The largest absolute Gasteiger partial charge is 0.427 e. The minimum Gasteiger partial charge on any atom is -0.427 e. The zero-order valence-corrected chi connectivity index (χ0v) is 12.7. The van der Waals surface area contributed by atoms with E-state index in [1.165, 1.54) is 26.0 Å². The molecule has 0 aliphatic heterocycles. The number of esters is 2. The molecule has 6 heteroatoms. The molecule has 118 valence electrons. The Labute approximate surface area is 133 Å². The summed E-state index contributed by atoms with van der Waals surface area (Å²) in [6, 6.07) is 12.7. The molecular formula is C17H15NO5. The Morgan fingerprint density at radius 3 is 2.04 bits per heavy atom. The topological polar surface area (TPSA) is 81.7 Å². The van der Waals surface area contributed by atoms with E-state index < -0.39 is 11.9 Å². The lowest BCUT2D eigenvalue weighted by Crippen LogP contribution is -2.12. The van der Waals surface area contributed by atoms with Gasteiger partial charge in [0.1, 0.15) is 11.5 Å². The van der Waals surface area contributed by atoms with Crippen LogP contribution in [0.3, 0.4) is 0 Å². The fourth-order valence-corrected chi connectivity index (χ4v) is 1.85. The Hall–Kier alpha value is -3.15. The van der Waals surface area contributed by atoms with Crippen molar-refractivity contribution < 1.29 is 23.9 Å². The van der Waals surface area contributed by atoms with E-state index in [-0.39, 0.29) is 5.91 Å². The highest BCUT2D eigenvalue weighted by molar-refractivity contribution is 6.04. The quantitative estimate of drug-likeness (QED) is 0.693. The van der Waals surface area contributed by atoms with Crippen molar-refractivity contribution in [2.24, 2.45) is 0 Å². The third-order valence-electron chi connectivity index (χ3n) is 2.73. The van der Waals surface area contributed by atoms with Crippen LogP contribution in [0.4, 0.5) is 5.69 Å². The van der Waals surface area contributed by atoms with E-state index in [4.69, 9.17) is 9.47 Å². The SMILES string of the molecule is CC(=O)Oc1ccc(C(=O)Nc2cccc(OC(C)=O)c2)cc1. The molecule has 0 atom stereocenters. The van der Waals surface area contributed by atoms with Crippen LogP contribution in [0.2, 0.25) is 0 Å². The number of rotatable bonds is 4. The van der Waals surface area contributed by atoms with Crippen molar-refractivity contribution in [1.82, 2.24) is 0 Å². The third kappa shape index (κ3) is 4.96. The molecular weight excluding hydrogens is 298 g/mol. The van der Waals surface area contributed by atoms with Crippen molar-refractivity contribution in [3.63, 3.8) is 0 Å². The first-order chi connectivity index (χ1) is 10.9. The number of nitrogens with one attached hydrogen (secondary N) is 1. The molecule has 1 N–H and O–H groups in total. The molecule has 0 spiro atoms. The Bertz CT molecular complexity index is 737. The number of amides is 1. The monoisotopic (exact) mass is 313 g/mol. The molecule has 0 heterocycles. The summed E-state index contributed by atoms with van der Waals surface area (Å²) < 4.78 is 9.86. The fraction of sp³-hybridized carbons (Fsp3) is 0.118. The molecule has 0 radical (unpaired) electrons. The van der Waals surface area contributed by atoms with Gasteiger partial charge in [-0.2, -0.15) is 0 Å². The standard InChI is InChI=1S/C17H15NO5/c1-11(19)22-15-8-6-13(7-9-15)17(21)18-14-4-3-5-16(10-14)23-12(2)20/h3-10H,1-2H3,(H,18,21). The minimum absolute atomic E-state index is 0.334. The van der Waals surface area contributed by atoms with Crippen LogP contribution in [0.25, 0.3) is 0 Å². The second-order valence-electron chi connectivity index (χ2n) is 4.69. The molecule has 0 saturated heterocycles. The lowest BCUT2D eigenvalue weighted by atomic mass is 10.2. The molecule has 2 rings (SSSR count). The van der Waals surface area contributed by atoms with Crippen LogP contribution in [-0.2, 0) is 9.59 Å².